The molecule has 18 heavy (non-hydrogen) atoms. The van der Waals surface area contributed by atoms with Crippen LogP contribution in [-0.2, 0) is 14.4 Å². The molecular formula is C11H18N2O5. The van der Waals surface area contributed by atoms with Crippen molar-refractivity contribution in [3.8, 4) is 0 Å². The van der Waals surface area contributed by atoms with Gasteiger partial charge in [-0.2, -0.15) is 0 Å². The predicted molar refractivity (Wildman–Crippen MR) is 63.7 cm³/mol. The molecule has 0 aromatic rings. The molecule has 2 amide bonds. The summed E-state index contributed by atoms with van der Waals surface area (Å²) in [7, 11) is 1.58. The van der Waals surface area contributed by atoms with Gasteiger partial charge in [0.2, 0.25) is 12.3 Å². The van der Waals surface area contributed by atoms with Crippen LogP contribution >= 0.6 is 0 Å². The number of carboxylic acid groups (broad SMARTS) is 1. The molecule has 0 saturated heterocycles. The van der Waals surface area contributed by atoms with Gasteiger partial charge in [0, 0.05) is 20.5 Å². The second kappa shape index (κ2) is 7.44. The number of nitrogens with one attached hydrogen (secondary N) is 1. The third-order valence-corrected chi connectivity index (χ3v) is 2.55. The molecule has 0 aromatic heterocycles. The van der Waals surface area contributed by atoms with Crippen LogP contribution in [0.1, 0.15) is 13.3 Å². The van der Waals surface area contributed by atoms with Gasteiger partial charge in [0.1, 0.15) is 6.10 Å². The molecule has 2 unspecified atom stereocenters. The van der Waals surface area contributed by atoms with Gasteiger partial charge < -0.3 is 20.4 Å². The Morgan fingerprint density at radius 3 is 2.44 bits per heavy atom. The monoisotopic (exact) mass is 258 g/mol. The van der Waals surface area contributed by atoms with Crippen molar-refractivity contribution in [2.75, 3.05) is 13.6 Å². The second-order valence-corrected chi connectivity index (χ2v) is 3.89. The van der Waals surface area contributed by atoms with E-state index < -0.39 is 18.1 Å². The summed E-state index contributed by atoms with van der Waals surface area (Å²) in [5, 5.41) is 20.5. The van der Waals surface area contributed by atoms with E-state index in [1.54, 1.807) is 7.05 Å². The maximum atomic E-state index is 11.0. The van der Waals surface area contributed by atoms with Crippen LogP contribution in [0.3, 0.4) is 0 Å². The molecule has 7 heteroatoms. The number of hydrogen-bond acceptors (Lipinski definition) is 4. The van der Waals surface area contributed by atoms with Gasteiger partial charge in [0.05, 0.1) is 0 Å². The molecule has 102 valence electrons. The van der Waals surface area contributed by atoms with Gasteiger partial charge in [-0.15, -0.1) is 0 Å². The van der Waals surface area contributed by atoms with E-state index in [-0.39, 0.29) is 24.3 Å². The van der Waals surface area contributed by atoms with E-state index in [0.717, 1.165) is 0 Å². The normalized spacial score (nSPS) is 13.3. The SMILES string of the molecule is C=C(CCN(C)C(C)=O)C(O)C(NC=O)C(=O)O. The lowest BCUT2D eigenvalue weighted by Gasteiger charge is -2.22. The number of amides is 2. The summed E-state index contributed by atoms with van der Waals surface area (Å²) in [6.45, 7) is 5.28. The maximum Gasteiger partial charge on any atom is 0.329 e. The fourth-order valence-corrected chi connectivity index (χ4v) is 1.22. The number of aliphatic hydroxyl groups excluding tert-OH is 1. The second-order valence-electron chi connectivity index (χ2n) is 3.89. The molecule has 0 radical (unpaired) electrons. The Morgan fingerprint density at radius 2 is 2.06 bits per heavy atom. The zero-order valence-electron chi connectivity index (χ0n) is 10.4. The van der Waals surface area contributed by atoms with Gasteiger partial charge in [0.15, 0.2) is 6.04 Å². The van der Waals surface area contributed by atoms with E-state index in [0.29, 0.717) is 6.54 Å². The van der Waals surface area contributed by atoms with Crippen molar-refractivity contribution in [3.05, 3.63) is 12.2 Å². The lowest BCUT2D eigenvalue weighted by molar-refractivity contribution is -0.143. The molecule has 0 fully saturated rings. The quantitative estimate of drug-likeness (QED) is 0.381. The smallest absolute Gasteiger partial charge is 0.329 e. The van der Waals surface area contributed by atoms with Crippen LogP contribution in [0.25, 0.3) is 0 Å². The fourth-order valence-electron chi connectivity index (χ4n) is 1.22. The summed E-state index contributed by atoms with van der Waals surface area (Å²) in [4.78, 5) is 33.4. The first-order valence-corrected chi connectivity index (χ1v) is 5.31. The summed E-state index contributed by atoms with van der Waals surface area (Å²) in [5.74, 6) is -1.49. The van der Waals surface area contributed by atoms with Crippen LogP contribution in [-0.4, -0.2) is 59.1 Å². The highest BCUT2D eigenvalue weighted by Crippen LogP contribution is 2.10. The average molecular weight is 258 g/mol. The zero-order chi connectivity index (χ0) is 14.3. The lowest BCUT2D eigenvalue weighted by atomic mass is 10.0. The number of carboxylic acids is 1. The molecule has 0 heterocycles. The third-order valence-electron chi connectivity index (χ3n) is 2.55. The molecular weight excluding hydrogens is 240 g/mol. The molecule has 3 N–H and O–H groups in total. The van der Waals surface area contributed by atoms with Gasteiger partial charge in [-0.25, -0.2) is 4.79 Å². The van der Waals surface area contributed by atoms with E-state index in [9.17, 15) is 19.5 Å². The van der Waals surface area contributed by atoms with Crippen LogP contribution in [0, 0.1) is 0 Å². The van der Waals surface area contributed by atoms with E-state index in [1.165, 1.54) is 11.8 Å². The van der Waals surface area contributed by atoms with E-state index in [2.05, 4.69) is 6.58 Å². The van der Waals surface area contributed by atoms with Crippen LogP contribution < -0.4 is 5.32 Å². The van der Waals surface area contributed by atoms with Gasteiger partial charge in [-0.3, -0.25) is 9.59 Å². The van der Waals surface area contributed by atoms with Crippen molar-refractivity contribution in [1.82, 2.24) is 10.2 Å². The molecule has 0 aromatic carbocycles. The average Bonchev–Trinajstić information content (AvgIpc) is 2.30. The summed E-state index contributed by atoms with van der Waals surface area (Å²) in [6, 6.07) is -1.43. The number of hydrogen-bond donors (Lipinski definition) is 3. The number of carbonyl (C=O) groups excluding carboxylic acids is 2. The van der Waals surface area contributed by atoms with Crippen molar-refractivity contribution in [3.63, 3.8) is 0 Å². The molecule has 0 aliphatic heterocycles. The van der Waals surface area contributed by atoms with Crippen molar-refractivity contribution in [2.24, 2.45) is 0 Å². The maximum absolute atomic E-state index is 11.0. The summed E-state index contributed by atoms with van der Waals surface area (Å²) in [5.41, 5.74) is 0.241. The molecule has 0 spiro atoms. The Labute approximate surface area is 105 Å². The first kappa shape index (κ1) is 16.1. The fraction of sp³-hybridized carbons (Fsp3) is 0.545. The minimum Gasteiger partial charge on any atom is -0.480 e. The zero-order valence-corrected chi connectivity index (χ0v) is 10.4. The highest BCUT2D eigenvalue weighted by atomic mass is 16.4. The van der Waals surface area contributed by atoms with Crippen LogP contribution in [0.2, 0.25) is 0 Å². The van der Waals surface area contributed by atoms with Crippen LogP contribution in [0.15, 0.2) is 12.2 Å². The van der Waals surface area contributed by atoms with E-state index >= 15 is 0 Å². The summed E-state index contributed by atoms with van der Waals surface area (Å²) < 4.78 is 0. The van der Waals surface area contributed by atoms with Crippen molar-refractivity contribution < 1.29 is 24.6 Å². The Morgan fingerprint density at radius 1 is 1.50 bits per heavy atom. The number of rotatable bonds is 8. The van der Waals surface area contributed by atoms with Gasteiger partial charge >= 0.3 is 5.97 Å². The third kappa shape index (κ3) is 4.96. The van der Waals surface area contributed by atoms with Crippen molar-refractivity contribution in [2.45, 2.75) is 25.5 Å². The van der Waals surface area contributed by atoms with Gasteiger partial charge in [0.25, 0.3) is 0 Å². The minimum absolute atomic E-state index is 0.141. The molecule has 0 bridgehead atoms. The summed E-state index contributed by atoms with van der Waals surface area (Å²) in [6.07, 6.45) is -0.938. The standard InChI is InChI=1S/C11H18N2O5/c1-7(4-5-13(3)8(2)15)10(16)9(11(17)18)12-6-14/h6,9-10,16H,1,4-5H2,2-3H3,(H,12,14)(H,17,18). The highest BCUT2D eigenvalue weighted by Gasteiger charge is 2.27. The van der Waals surface area contributed by atoms with Crippen molar-refractivity contribution in [1.29, 1.82) is 0 Å². The first-order chi connectivity index (χ1) is 8.31. The molecule has 0 rings (SSSR count). The lowest BCUT2D eigenvalue weighted by Crippen LogP contribution is -2.46. The summed E-state index contributed by atoms with van der Waals surface area (Å²) >= 11 is 0. The Kier molecular flexibility index (Phi) is 6.66. The molecule has 0 aliphatic rings. The van der Waals surface area contributed by atoms with Gasteiger partial charge in [-0.05, 0) is 12.0 Å². The number of carbonyl (C=O) groups is 3. The van der Waals surface area contributed by atoms with Gasteiger partial charge in [-0.1, -0.05) is 6.58 Å². The van der Waals surface area contributed by atoms with Crippen LogP contribution in [0.4, 0.5) is 0 Å². The van der Waals surface area contributed by atoms with E-state index in [4.69, 9.17) is 5.11 Å². The Bertz CT molecular complexity index is 342. The topological polar surface area (TPSA) is 107 Å². The molecule has 7 nitrogen and oxygen atoms in total. The minimum atomic E-state index is -1.43. The Hall–Kier alpha value is -1.89. The van der Waals surface area contributed by atoms with Crippen LogP contribution in [0.5, 0.6) is 0 Å². The van der Waals surface area contributed by atoms with E-state index in [1.807, 2.05) is 5.32 Å². The molecule has 0 saturated carbocycles. The number of aliphatic hydroxyl groups is 1. The predicted octanol–water partition coefficient (Wildman–Crippen LogP) is -1.03. The highest BCUT2D eigenvalue weighted by molar-refractivity contribution is 5.77. The molecule has 0 aliphatic carbocycles. The molecule has 2 atom stereocenters. The Balaban J connectivity index is 4.43. The largest absolute Gasteiger partial charge is 0.480 e. The first-order valence-electron chi connectivity index (χ1n) is 5.31. The van der Waals surface area contributed by atoms with Crippen molar-refractivity contribution >= 4 is 18.3 Å². The number of nitrogens with zero attached hydrogens (tertiary/aromatic N) is 1. The number of aliphatic carboxylic acids is 1.